The molecule has 0 fully saturated rings. The van der Waals surface area contributed by atoms with Crippen LogP contribution in [0.2, 0.25) is 0 Å². The summed E-state index contributed by atoms with van der Waals surface area (Å²) in [6.07, 6.45) is 0.940. The van der Waals surface area contributed by atoms with Gasteiger partial charge in [-0.15, -0.1) is 12.6 Å². The van der Waals surface area contributed by atoms with Gasteiger partial charge in [-0.1, -0.05) is 6.92 Å². The highest BCUT2D eigenvalue weighted by Gasteiger charge is 2.08. The summed E-state index contributed by atoms with van der Waals surface area (Å²) in [4.78, 5) is 12.2. The molecule has 0 radical (unpaired) electrons. The average molecular weight is 305 g/mol. The van der Waals surface area contributed by atoms with Gasteiger partial charge in [-0.25, -0.2) is 4.39 Å². The zero-order chi connectivity index (χ0) is 15.2. The Labute approximate surface area is 128 Å². The minimum absolute atomic E-state index is 0.144. The third-order valence-electron chi connectivity index (χ3n) is 2.79. The summed E-state index contributed by atoms with van der Waals surface area (Å²) in [5.41, 5.74) is 1.00. The molecule has 0 unspecified atom stereocenters. The first-order chi connectivity index (χ1) is 10.1. The number of hydrogen-bond acceptors (Lipinski definition) is 3. The second-order valence-electron chi connectivity index (χ2n) is 4.49. The van der Waals surface area contributed by atoms with E-state index in [0.29, 0.717) is 17.9 Å². The molecule has 0 saturated heterocycles. The van der Waals surface area contributed by atoms with E-state index in [1.807, 2.05) is 6.92 Å². The molecule has 0 spiro atoms. The maximum Gasteiger partial charge on any atom is 0.255 e. The summed E-state index contributed by atoms with van der Waals surface area (Å²) in [6, 6.07) is 11.1. The number of benzene rings is 2. The number of carbonyl (C=O) groups is 1. The fourth-order valence-electron chi connectivity index (χ4n) is 1.71. The highest BCUT2D eigenvalue weighted by Crippen LogP contribution is 2.18. The van der Waals surface area contributed by atoms with E-state index in [9.17, 15) is 9.18 Å². The minimum Gasteiger partial charge on any atom is -0.494 e. The minimum atomic E-state index is -0.452. The van der Waals surface area contributed by atoms with Crippen LogP contribution >= 0.6 is 12.6 Å². The van der Waals surface area contributed by atoms with Gasteiger partial charge in [0.25, 0.3) is 5.91 Å². The van der Waals surface area contributed by atoms with Crippen LogP contribution in [-0.4, -0.2) is 12.5 Å². The molecule has 1 amide bonds. The quantitative estimate of drug-likeness (QED) is 0.814. The van der Waals surface area contributed by atoms with E-state index >= 15 is 0 Å². The molecule has 5 heteroatoms. The summed E-state index contributed by atoms with van der Waals surface area (Å²) >= 11 is 3.96. The molecule has 0 aliphatic rings. The molecule has 0 saturated carbocycles. The summed E-state index contributed by atoms with van der Waals surface area (Å²) in [6.45, 7) is 2.69. The van der Waals surface area contributed by atoms with Gasteiger partial charge in [-0.2, -0.15) is 0 Å². The largest absolute Gasteiger partial charge is 0.494 e. The lowest BCUT2D eigenvalue weighted by molar-refractivity contribution is 0.102. The van der Waals surface area contributed by atoms with Gasteiger partial charge in [0.05, 0.1) is 6.61 Å². The molecule has 110 valence electrons. The molecule has 2 rings (SSSR count). The second kappa shape index (κ2) is 7.13. The number of rotatable bonds is 5. The second-order valence-corrected chi connectivity index (χ2v) is 4.97. The summed E-state index contributed by atoms with van der Waals surface area (Å²) in [7, 11) is 0. The van der Waals surface area contributed by atoms with Gasteiger partial charge in [0, 0.05) is 16.1 Å². The summed E-state index contributed by atoms with van der Waals surface area (Å²) in [5.74, 6) is -0.00545. The third-order valence-corrected chi connectivity index (χ3v) is 3.14. The van der Waals surface area contributed by atoms with Gasteiger partial charge in [-0.3, -0.25) is 4.79 Å². The molecule has 0 aliphatic heterocycles. The van der Waals surface area contributed by atoms with Crippen molar-refractivity contribution in [2.75, 3.05) is 11.9 Å². The van der Waals surface area contributed by atoms with E-state index < -0.39 is 5.82 Å². The first kappa shape index (κ1) is 15.4. The lowest BCUT2D eigenvalue weighted by atomic mass is 10.2. The lowest BCUT2D eigenvalue weighted by Crippen LogP contribution is -2.12. The maximum atomic E-state index is 13.1. The van der Waals surface area contributed by atoms with E-state index in [2.05, 4.69) is 17.9 Å². The number of halogens is 1. The van der Waals surface area contributed by atoms with Gasteiger partial charge in [0.1, 0.15) is 11.6 Å². The van der Waals surface area contributed by atoms with Crippen molar-refractivity contribution in [2.24, 2.45) is 0 Å². The fourth-order valence-corrected chi connectivity index (χ4v) is 1.93. The molecule has 0 heterocycles. The maximum absolute atomic E-state index is 13.1. The first-order valence-electron chi connectivity index (χ1n) is 6.63. The number of thiol groups is 1. The smallest absolute Gasteiger partial charge is 0.255 e. The Bertz CT molecular complexity index is 629. The monoisotopic (exact) mass is 305 g/mol. The van der Waals surface area contributed by atoms with Crippen LogP contribution in [0.15, 0.2) is 47.4 Å². The van der Waals surface area contributed by atoms with Crippen LogP contribution in [0, 0.1) is 5.82 Å². The zero-order valence-electron chi connectivity index (χ0n) is 11.6. The average Bonchev–Trinajstić information content (AvgIpc) is 2.49. The van der Waals surface area contributed by atoms with Gasteiger partial charge in [0.15, 0.2) is 0 Å². The molecular formula is C16H16FNO2S. The number of anilines is 1. The molecular weight excluding hydrogens is 289 g/mol. The molecule has 3 nitrogen and oxygen atoms in total. The Hall–Kier alpha value is -2.01. The number of hydrogen-bond donors (Lipinski definition) is 2. The van der Waals surface area contributed by atoms with Gasteiger partial charge in [0.2, 0.25) is 0 Å². The molecule has 1 N–H and O–H groups in total. The van der Waals surface area contributed by atoms with E-state index in [0.717, 1.165) is 12.2 Å². The van der Waals surface area contributed by atoms with Crippen molar-refractivity contribution in [3.63, 3.8) is 0 Å². The van der Waals surface area contributed by atoms with E-state index in [1.165, 1.54) is 18.2 Å². The summed E-state index contributed by atoms with van der Waals surface area (Å²) < 4.78 is 18.6. The van der Waals surface area contributed by atoms with Crippen molar-refractivity contribution in [3.8, 4) is 5.75 Å². The SMILES string of the molecule is CCCOc1ccc(NC(=O)c2ccc(F)c(S)c2)cc1. The van der Waals surface area contributed by atoms with Gasteiger partial charge in [-0.05, 0) is 48.9 Å². The van der Waals surface area contributed by atoms with Gasteiger partial charge >= 0.3 is 0 Å². The molecule has 0 bridgehead atoms. The Balaban J connectivity index is 2.03. The van der Waals surface area contributed by atoms with E-state index in [1.54, 1.807) is 24.3 Å². The molecule has 0 aliphatic carbocycles. The Morgan fingerprint density at radius 2 is 1.95 bits per heavy atom. The Morgan fingerprint density at radius 1 is 1.24 bits per heavy atom. The van der Waals surface area contributed by atoms with Crippen molar-refractivity contribution < 1.29 is 13.9 Å². The van der Waals surface area contributed by atoms with Gasteiger partial charge < -0.3 is 10.1 Å². The molecule has 0 atom stereocenters. The third kappa shape index (κ3) is 4.23. The van der Waals surface area contributed by atoms with Crippen LogP contribution in [0.3, 0.4) is 0 Å². The number of amides is 1. The molecule has 0 aromatic heterocycles. The van der Waals surface area contributed by atoms with Crippen LogP contribution < -0.4 is 10.1 Å². The van der Waals surface area contributed by atoms with Crippen LogP contribution in [0.25, 0.3) is 0 Å². The van der Waals surface area contributed by atoms with Crippen LogP contribution in [0.5, 0.6) is 5.75 Å². The van der Waals surface area contributed by atoms with Crippen LogP contribution in [0.4, 0.5) is 10.1 Å². The van der Waals surface area contributed by atoms with E-state index in [-0.39, 0.29) is 10.8 Å². The number of nitrogens with one attached hydrogen (secondary N) is 1. The van der Waals surface area contributed by atoms with Crippen molar-refractivity contribution in [1.29, 1.82) is 0 Å². The van der Waals surface area contributed by atoms with Crippen molar-refractivity contribution in [1.82, 2.24) is 0 Å². The molecule has 21 heavy (non-hydrogen) atoms. The highest BCUT2D eigenvalue weighted by atomic mass is 32.1. The number of ether oxygens (including phenoxy) is 1. The van der Waals surface area contributed by atoms with Crippen molar-refractivity contribution in [2.45, 2.75) is 18.2 Å². The van der Waals surface area contributed by atoms with Crippen molar-refractivity contribution >= 4 is 24.2 Å². The molecule has 2 aromatic rings. The van der Waals surface area contributed by atoms with Crippen molar-refractivity contribution in [3.05, 3.63) is 53.8 Å². The zero-order valence-corrected chi connectivity index (χ0v) is 12.5. The number of carbonyl (C=O) groups excluding carboxylic acids is 1. The predicted molar refractivity (Wildman–Crippen MR) is 83.8 cm³/mol. The Kier molecular flexibility index (Phi) is 5.22. The highest BCUT2D eigenvalue weighted by molar-refractivity contribution is 7.80. The lowest BCUT2D eigenvalue weighted by Gasteiger charge is -2.08. The Morgan fingerprint density at radius 3 is 2.57 bits per heavy atom. The van der Waals surface area contributed by atoms with E-state index in [4.69, 9.17) is 4.74 Å². The van der Waals surface area contributed by atoms with Crippen LogP contribution in [0.1, 0.15) is 23.7 Å². The molecule has 2 aromatic carbocycles. The standard InChI is InChI=1S/C16H16FNO2S/c1-2-9-20-13-6-4-12(5-7-13)18-16(19)11-3-8-14(17)15(21)10-11/h3-8,10,21H,2,9H2,1H3,(H,18,19). The first-order valence-corrected chi connectivity index (χ1v) is 7.07. The topological polar surface area (TPSA) is 38.3 Å². The predicted octanol–water partition coefficient (Wildman–Crippen LogP) is 4.16. The fraction of sp³-hybridized carbons (Fsp3) is 0.188. The summed E-state index contributed by atoms with van der Waals surface area (Å²) in [5, 5.41) is 2.74. The normalized spacial score (nSPS) is 10.2. The van der Waals surface area contributed by atoms with Crippen LogP contribution in [-0.2, 0) is 0 Å².